The van der Waals surface area contributed by atoms with Crippen LogP contribution in [0.3, 0.4) is 0 Å². The van der Waals surface area contributed by atoms with Crippen LogP contribution in [0.1, 0.15) is 24.8 Å². The molecule has 0 aliphatic carbocycles. The Kier molecular flexibility index (Phi) is 6.05. The highest BCUT2D eigenvalue weighted by molar-refractivity contribution is 5.76. The fourth-order valence-corrected chi connectivity index (χ4v) is 2.74. The van der Waals surface area contributed by atoms with Crippen LogP contribution >= 0.6 is 0 Å². The monoisotopic (exact) mass is 290 g/mol. The van der Waals surface area contributed by atoms with Crippen molar-refractivity contribution in [1.29, 1.82) is 0 Å². The maximum absolute atomic E-state index is 11.9. The van der Waals surface area contributed by atoms with Gasteiger partial charge in [-0.3, -0.25) is 4.79 Å². The molecule has 1 aromatic rings. The van der Waals surface area contributed by atoms with Crippen LogP contribution in [0.5, 0.6) is 5.75 Å². The zero-order chi connectivity index (χ0) is 15.1. The number of methoxy groups -OCH3 is 1. The minimum Gasteiger partial charge on any atom is -0.497 e. The maximum Gasteiger partial charge on any atom is 0.220 e. The molecule has 1 fully saturated rings. The lowest BCUT2D eigenvalue weighted by Gasteiger charge is -2.28. The highest BCUT2D eigenvalue weighted by atomic mass is 16.5. The molecule has 21 heavy (non-hydrogen) atoms. The van der Waals surface area contributed by atoms with E-state index in [2.05, 4.69) is 17.3 Å². The average molecular weight is 290 g/mol. The predicted octanol–water partition coefficient (Wildman–Crippen LogP) is 2.09. The van der Waals surface area contributed by atoms with E-state index in [4.69, 9.17) is 4.74 Å². The van der Waals surface area contributed by atoms with Gasteiger partial charge in [-0.1, -0.05) is 12.1 Å². The first-order valence-corrected chi connectivity index (χ1v) is 7.75. The summed E-state index contributed by atoms with van der Waals surface area (Å²) in [6.07, 6.45) is 3.82. The number of hydrogen-bond acceptors (Lipinski definition) is 3. The molecule has 1 aliphatic rings. The number of nitrogens with zero attached hydrogens (tertiary/aromatic N) is 1. The number of ether oxygens (including phenoxy) is 1. The fraction of sp³-hybridized carbons (Fsp3) is 0.588. The molecule has 0 atom stereocenters. The molecule has 1 aliphatic heterocycles. The Morgan fingerprint density at radius 1 is 1.29 bits per heavy atom. The van der Waals surface area contributed by atoms with E-state index in [1.807, 2.05) is 24.3 Å². The molecule has 0 bridgehead atoms. The van der Waals surface area contributed by atoms with E-state index < -0.39 is 0 Å². The van der Waals surface area contributed by atoms with Gasteiger partial charge in [-0.05, 0) is 63.0 Å². The number of likely N-dealkylation sites (tertiary alicyclic amines) is 1. The number of benzene rings is 1. The number of rotatable bonds is 6. The summed E-state index contributed by atoms with van der Waals surface area (Å²) in [5, 5.41) is 3.03. The zero-order valence-corrected chi connectivity index (χ0v) is 13.1. The molecule has 4 heteroatoms. The number of carbonyl (C=O) groups excluding carboxylic acids is 1. The second kappa shape index (κ2) is 8.03. The van der Waals surface area contributed by atoms with Crippen LogP contribution in [-0.2, 0) is 11.2 Å². The van der Waals surface area contributed by atoms with Crippen molar-refractivity contribution in [3.05, 3.63) is 29.8 Å². The standard InChI is InChI=1S/C17H26N2O2/c1-19-11-8-15(9-12-19)13-17(20)18-10-7-14-3-5-16(21-2)6-4-14/h3-6,15H,7-13H2,1-2H3,(H,18,20). The second-order valence-electron chi connectivity index (χ2n) is 5.90. The Labute approximate surface area is 127 Å². The van der Waals surface area contributed by atoms with E-state index in [0.29, 0.717) is 18.9 Å². The first-order valence-electron chi connectivity index (χ1n) is 7.75. The maximum atomic E-state index is 11.9. The van der Waals surface area contributed by atoms with Crippen molar-refractivity contribution in [2.75, 3.05) is 33.8 Å². The van der Waals surface area contributed by atoms with Crippen LogP contribution in [0, 0.1) is 5.92 Å². The van der Waals surface area contributed by atoms with Crippen LogP contribution in [0.15, 0.2) is 24.3 Å². The summed E-state index contributed by atoms with van der Waals surface area (Å²) in [7, 11) is 3.81. The van der Waals surface area contributed by atoms with Gasteiger partial charge < -0.3 is 15.0 Å². The van der Waals surface area contributed by atoms with Crippen molar-refractivity contribution in [3.8, 4) is 5.75 Å². The topological polar surface area (TPSA) is 41.6 Å². The first kappa shape index (κ1) is 15.8. The van der Waals surface area contributed by atoms with E-state index in [1.165, 1.54) is 5.56 Å². The summed E-state index contributed by atoms with van der Waals surface area (Å²) in [5.74, 6) is 1.62. The molecular formula is C17H26N2O2. The Morgan fingerprint density at radius 2 is 1.95 bits per heavy atom. The smallest absolute Gasteiger partial charge is 0.220 e. The molecule has 0 spiro atoms. The summed E-state index contributed by atoms with van der Waals surface area (Å²) in [6.45, 7) is 2.94. The number of amides is 1. The third-order valence-corrected chi connectivity index (χ3v) is 4.21. The van der Waals surface area contributed by atoms with Crippen LogP contribution in [0.25, 0.3) is 0 Å². The van der Waals surface area contributed by atoms with Gasteiger partial charge in [-0.2, -0.15) is 0 Å². The molecule has 1 N–H and O–H groups in total. The average Bonchev–Trinajstić information content (AvgIpc) is 2.50. The molecule has 1 saturated heterocycles. The zero-order valence-electron chi connectivity index (χ0n) is 13.1. The molecule has 0 radical (unpaired) electrons. The van der Waals surface area contributed by atoms with Gasteiger partial charge in [-0.15, -0.1) is 0 Å². The van der Waals surface area contributed by atoms with Crippen LogP contribution in [0.2, 0.25) is 0 Å². The van der Waals surface area contributed by atoms with Gasteiger partial charge in [-0.25, -0.2) is 0 Å². The van der Waals surface area contributed by atoms with Crippen molar-refractivity contribution in [3.63, 3.8) is 0 Å². The van der Waals surface area contributed by atoms with Gasteiger partial charge in [0, 0.05) is 13.0 Å². The molecule has 0 saturated carbocycles. The highest BCUT2D eigenvalue weighted by Crippen LogP contribution is 2.19. The molecule has 1 heterocycles. The summed E-state index contributed by atoms with van der Waals surface area (Å²) < 4.78 is 5.13. The van der Waals surface area contributed by atoms with E-state index in [9.17, 15) is 4.79 Å². The van der Waals surface area contributed by atoms with Crippen LogP contribution < -0.4 is 10.1 Å². The Balaban J connectivity index is 1.64. The third kappa shape index (κ3) is 5.38. The van der Waals surface area contributed by atoms with Gasteiger partial charge in [0.2, 0.25) is 5.91 Å². The van der Waals surface area contributed by atoms with Gasteiger partial charge >= 0.3 is 0 Å². The number of piperidine rings is 1. The lowest BCUT2D eigenvalue weighted by atomic mass is 9.93. The molecule has 1 aromatic carbocycles. The molecule has 116 valence electrons. The lowest BCUT2D eigenvalue weighted by Crippen LogP contribution is -2.34. The molecule has 0 aromatic heterocycles. The summed E-state index contributed by atoms with van der Waals surface area (Å²) in [6, 6.07) is 8.00. The lowest BCUT2D eigenvalue weighted by molar-refractivity contribution is -0.122. The van der Waals surface area contributed by atoms with Crippen molar-refractivity contribution in [1.82, 2.24) is 10.2 Å². The summed E-state index contributed by atoms with van der Waals surface area (Å²) in [5.41, 5.74) is 1.22. The summed E-state index contributed by atoms with van der Waals surface area (Å²) in [4.78, 5) is 14.3. The van der Waals surface area contributed by atoms with Crippen molar-refractivity contribution < 1.29 is 9.53 Å². The predicted molar refractivity (Wildman–Crippen MR) is 84.5 cm³/mol. The van der Waals surface area contributed by atoms with Gasteiger partial charge in [0.25, 0.3) is 0 Å². The quantitative estimate of drug-likeness (QED) is 0.872. The molecular weight excluding hydrogens is 264 g/mol. The van der Waals surface area contributed by atoms with E-state index in [-0.39, 0.29) is 5.91 Å². The minimum absolute atomic E-state index is 0.193. The number of nitrogens with one attached hydrogen (secondary N) is 1. The Morgan fingerprint density at radius 3 is 2.57 bits per heavy atom. The Hall–Kier alpha value is -1.55. The SMILES string of the molecule is COc1ccc(CCNC(=O)CC2CCN(C)CC2)cc1. The molecule has 2 rings (SSSR count). The number of carbonyl (C=O) groups is 1. The van der Waals surface area contributed by atoms with Gasteiger partial charge in [0.15, 0.2) is 0 Å². The third-order valence-electron chi connectivity index (χ3n) is 4.21. The minimum atomic E-state index is 0.193. The van der Waals surface area contributed by atoms with Crippen molar-refractivity contribution >= 4 is 5.91 Å². The summed E-state index contributed by atoms with van der Waals surface area (Å²) >= 11 is 0. The fourth-order valence-electron chi connectivity index (χ4n) is 2.74. The van der Waals surface area contributed by atoms with Gasteiger partial charge in [0.05, 0.1) is 7.11 Å². The van der Waals surface area contributed by atoms with Crippen LogP contribution in [0.4, 0.5) is 0 Å². The van der Waals surface area contributed by atoms with E-state index in [1.54, 1.807) is 7.11 Å². The van der Waals surface area contributed by atoms with E-state index >= 15 is 0 Å². The molecule has 4 nitrogen and oxygen atoms in total. The van der Waals surface area contributed by atoms with Crippen molar-refractivity contribution in [2.45, 2.75) is 25.7 Å². The molecule has 0 unspecified atom stereocenters. The van der Waals surface area contributed by atoms with Gasteiger partial charge in [0.1, 0.15) is 5.75 Å². The largest absolute Gasteiger partial charge is 0.497 e. The highest BCUT2D eigenvalue weighted by Gasteiger charge is 2.19. The number of hydrogen-bond donors (Lipinski definition) is 1. The Bertz CT molecular complexity index is 437. The normalized spacial score (nSPS) is 16.7. The second-order valence-corrected chi connectivity index (χ2v) is 5.90. The van der Waals surface area contributed by atoms with Crippen molar-refractivity contribution in [2.24, 2.45) is 5.92 Å². The molecule has 1 amide bonds. The van der Waals surface area contributed by atoms with E-state index in [0.717, 1.165) is 38.1 Å². The van der Waals surface area contributed by atoms with Crippen LogP contribution in [-0.4, -0.2) is 44.6 Å². The first-order chi connectivity index (χ1) is 10.2.